The van der Waals surface area contributed by atoms with Crippen molar-refractivity contribution in [1.29, 1.82) is 0 Å². The fourth-order valence-electron chi connectivity index (χ4n) is 3.00. The Morgan fingerprint density at radius 2 is 2.30 bits per heavy atom. The van der Waals surface area contributed by atoms with E-state index in [-0.39, 0.29) is 11.7 Å². The van der Waals surface area contributed by atoms with Gasteiger partial charge < -0.3 is 9.64 Å². The third-order valence-electron chi connectivity index (χ3n) is 4.00. The molecule has 0 bridgehead atoms. The van der Waals surface area contributed by atoms with Crippen molar-refractivity contribution in [3.8, 4) is 0 Å². The van der Waals surface area contributed by atoms with Crippen LogP contribution in [-0.4, -0.2) is 58.1 Å². The highest BCUT2D eigenvalue weighted by molar-refractivity contribution is 5.70. The van der Waals surface area contributed by atoms with Gasteiger partial charge in [0.15, 0.2) is 0 Å². The summed E-state index contributed by atoms with van der Waals surface area (Å²) >= 11 is 0. The van der Waals surface area contributed by atoms with Crippen LogP contribution < -0.4 is 0 Å². The van der Waals surface area contributed by atoms with Crippen LogP contribution in [0.25, 0.3) is 0 Å². The van der Waals surface area contributed by atoms with E-state index in [4.69, 9.17) is 4.74 Å². The SMILES string of the molecule is CCc1nccc(CN2CCC3(C2)CN(C)C(=O)O3)n1. The van der Waals surface area contributed by atoms with Crippen LogP contribution in [0.15, 0.2) is 12.3 Å². The quantitative estimate of drug-likeness (QED) is 0.826. The fourth-order valence-corrected chi connectivity index (χ4v) is 3.00. The molecule has 108 valence electrons. The molecule has 1 unspecified atom stereocenters. The zero-order valence-corrected chi connectivity index (χ0v) is 12.0. The molecule has 20 heavy (non-hydrogen) atoms. The molecular formula is C14H20N4O2. The number of nitrogens with zero attached hydrogens (tertiary/aromatic N) is 4. The van der Waals surface area contributed by atoms with Gasteiger partial charge in [-0.3, -0.25) is 4.90 Å². The van der Waals surface area contributed by atoms with Crippen LogP contribution in [0, 0.1) is 0 Å². The van der Waals surface area contributed by atoms with Crippen molar-refractivity contribution in [3.05, 3.63) is 23.8 Å². The van der Waals surface area contributed by atoms with Gasteiger partial charge in [0.25, 0.3) is 0 Å². The van der Waals surface area contributed by atoms with E-state index >= 15 is 0 Å². The van der Waals surface area contributed by atoms with Crippen molar-refractivity contribution in [2.24, 2.45) is 0 Å². The molecule has 2 aliphatic heterocycles. The molecule has 3 heterocycles. The maximum Gasteiger partial charge on any atom is 0.410 e. The van der Waals surface area contributed by atoms with E-state index in [1.807, 2.05) is 12.3 Å². The molecule has 1 spiro atoms. The topological polar surface area (TPSA) is 58.6 Å². The number of hydrogen-bond acceptors (Lipinski definition) is 5. The zero-order chi connectivity index (χ0) is 14.2. The second-order valence-corrected chi connectivity index (χ2v) is 5.69. The maximum absolute atomic E-state index is 11.5. The monoisotopic (exact) mass is 276 g/mol. The lowest BCUT2D eigenvalue weighted by atomic mass is 10.0. The Balaban J connectivity index is 1.64. The van der Waals surface area contributed by atoms with Gasteiger partial charge in [-0.05, 0) is 6.07 Å². The first-order valence-electron chi connectivity index (χ1n) is 7.07. The van der Waals surface area contributed by atoms with E-state index in [1.165, 1.54) is 0 Å². The standard InChI is InChI=1S/C14H20N4O2/c1-3-12-15-6-4-11(16-12)8-18-7-5-14(10-18)9-17(2)13(19)20-14/h4,6H,3,5,7-10H2,1-2H3. The van der Waals surface area contributed by atoms with Crippen molar-refractivity contribution in [1.82, 2.24) is 19.8 Å². The fraction of sp³-hybridized carbons (Fsp3) is 0.643. The number of rotatable bonds is 3. The molecule has 2 aliphatic rings. The average Bonchev–Trinajstić information content (AvgIpc) is 2.93. The average molecular weight is 276 g/mol. The number of hydrogen-bond donors (Lipinski definition) is 0. The maximum atomic E-state index is 11.5. The summed E-state index contributed by atoms with van der Waals surface area (Å²) in [6.07, 6.45) is 3.35. The lowest BCUT2D eigenvalue weighted by Crippen LogP contribution is -2.37. The Kier molecular flexibility index (Phi) is 3.33. The number of amides is 1. The number of aryl methyl sites for hydroxylation is 1. The molecule has 2 fully saturated rings. The summed E-state index contributed by atoms with van der Waals surface area (Å²) in [5, 5.41) is 0. The Bertz CT molecular complexity index is 522. The molecule has 1 atom stereocenters. The van der Waals surface area contributed by atoms with Crippen molar-refractivity contribution in [2.75, 3.05) is 26.7 Å². The van der Waals surface area contributed by atoms with E-state index in [0.717, 1.165) is 44.0 Å². The van der Waals surface area contributed by atoms with Crippen LogP contribution in [-0.2, 0) is 17.7 Å². The summed E-state index contributed by atoms with van der Waals surface area (Å²) in [7, 11) is 1.79. The van der Waals surface area contributed by atoms with Gasteiger partial charge in [-0.1, -0.05) is 6.92 Å². The summed E-state index contributed by atoms with van der Waals surface area (Å²) in [5.41, 5.74) is 0.721. The molecule has 0 aromatic carbocycles. The minimum atomic E-state index is -0.313. The first-order valence-corrected chi connectivity index (χ1v) is 7.07. The first kappa shape index (κ1) is 13.3. The highest BCUT2D eigenvalue weighted by atomic mass is 16.6. The van der Waals surface area contributed by atoms with E-state index in [2.05, 4.69) is 21.8 Å². The van der Waals surface area contributed by atoms with E-state index in [0.29, 0.717) is 6.54 Å². The largest absolute Gasteiger partial charge is 0.439 e. The van der Waals surface area contributed by atoms with Gasteiger partial charge in [0, 0.05) is 45.7 Å². The molecule has 1 aromatic rings. The molecule has 6 nitrogen and oxygen atoms in total. The van der Waals surface area contributed by atoms with Crippen LogP contribution in [0.5, 0.6) is 0 Å². The molecule has 0 N–H and O–H groups in total. The summed E-state index contributed by atoms with van der Waals surface area (Å²) in [5.74, 6) is 0.878. The highest BCUT2D eigenvalue weighted by Gasteiger charge is 2.48. The van der Waals surface area contributed by atoms with Gasteiger partial charge in [-0.2, -0.15) is 0 Å². The molecule has 1 aromatic heterocycles. The second kappa shape index (κ2) is 5.01. The number of aromatic nitrogens is 2. The molecule has 2 saturated heterocycles. The lowest BCUT2D eigenvalue weighted by molar-refractivity contribution is 0.0626. The van der Waals surface area contributed by atoms with Gasteiger partial charge in [0.1, 0.15) is 11.4 Å². The highest BCUT2D eigenvalue weighted by Crippen LogP contribution is 2.32. The van der Waals surface area contributed by atoms with Crippen molar-refractivity contribution >= 4 is 6.09 Å². The molecule has 3 rings (SSSR count). The molecule has 6 heteroatoms. The lowest BCUT2D eigenvalue weighted by Gasteiger charge is -2.21. The summed E-state index contributed by atoms with van der Waals surface area (Å²) in [4.78, 5) is 24.3. The number of carbonyl (C=O) groups excluding carboxylic acids is 1. The van der Waals surface area contributed by atoms with E-state index in [1.54, 1.807) is 11.9 Å². The van der Waals surface area contributed by atoms with Crippen molar-refractivity contribution in [2.45, 2.75) is 31.9 Å². The van der Waals surface area contributed by atoms with Gasteiger partial charge >= 0.3 is 6.09 Å². The van der Waals surface area contributed by atoms with Gasteiger partial charge in [-0.25, -0.2) is 14.8 Å². The first-order chi connectivity index (χ1) is 9.60. The number of ether oxygens (including phenoxy) is 1. The van der Waals surface area contributed by atoms with Crippen molar-refractivity contribution < 1.29 is 9.53 Å². The zero-order valence-electron chi connectivity index (χ0n) is 12.0. The third kappa shape index (κ3) is 2.47. The molecule has 1 amide bonds. The van der Waals surface area contributed by atoms with Gasteiger partial charge in [0.2, 0.25) is 0 Å². The van der Waals surface area contributed by atoms with Crippen LogP contribution in [0.4, 0.5) is 4.79 Å². The van der Waals surface area contributed by atoms with Crippen LogP contribution in [0.1, 0.15) is 24.9 Å². The van der Waals surface area contributed by atoms with Crippen LogP contribution >= 0.6 is 0 Å². The Morgan fingerprint density at radius 3 is 3.00 bits per heavy atom. The van der Waals surface area contributed by atoms with Crippen LogP contribution in [0.3, 0.4) is 0 Å². The summed E-state index contributed by atoms with van der Waals surface area (Å²) in [6, 6.07) is 1.96. The molecule has 0 radical (unpaired) electrons. The second-order valence-electron chi connectivity index (χ2n) is 5.69. The van der Waals surface area contributed by atoms with Gasteiger partial charge in [0.05, 0.1) is 12.2 Å². The minimum absolute atomic E-state index is 0.206. The van der Waals surface area contributed by atoms with Gasteiger partial charge in [-0.15, -0.1) is 0 Å². The smallest absolute Gasteiger partial charge is 0.410 e. The summed E-state index contributed by atoms with van der Waals surface area (Å²) in [6.45, 7) is 5.25. The Morgan fingerprint density at radius 1 is 1.45 bits per heavy atom. The Hall–Kier alpha value is -1.69. The summed E-state index contributed by atoms with van der Waals surface area (Å²) < 4.78 is 5.55. The molecular weight excluding hydrogens is 256 g/mol. The van der Waals surface area contributed by atoms with E-state index in [9.17, 15) is 4.79 Å². The molecule has 0 saturated carbocycles. The minimum Gasteiger partial charge on any atom is -0.439 e. The van der Waals surface area contributed by atoms with Crippen LogP contribution in [0.2, 0.25) is 0 Å². The predicted molar refractivity (Wildman–Crippen MR) is 73.1 cm³/mol. The Labute approximate surface area is 118 Å². The predicted octanol–water partition coefficient (Wildman–Crippen LogP) is 1.07. The normalized spacial score (nSPS) is 26.5. The number of likely N-dealkylation sites (tertiary alicyclic amines) is 1. The molecule has 0 aliphatic carbocycles. The number of likely N-dealkylation sites (N-methyl/N-ethyl adjacent to an activating group) is 1. The third-order valence-corrected chi connectivity index (χ3v) is 4.00. The number of carbonyl (C=O) groups is 1. The van der Waals surface area contributed by atoms with Crippen molar-refractivity contribution in [3.63, 3.8) is 0 Å². The van der Waals surface area contributed by atoms with E-state index < -0.39 is 0 Å².